The van der Waals surface area contributed by atoms with Crippen molar-refractivity contribution in [2.45, 2.75) is 6.92 Å². The smallest absolute Gasteiger partial charge is 0.261 e. The molecule has 104 valence electrons. The Kier molecular flexibility index (Phi) is 3.70. The largest absolute Gasteiger partial charge is 0.399 e. The van der Waals surface area contributed by atoms with Gasteiger partial charge in [0.2, 0.25) is 0 Å². The molecular weight excluding hydrogens is 262 g/mol. The van der Waals surface area contributed by atoms with E-state index >= 15 is 0 Å². The molecule has 5 heteroatoms. The van der Waals surface area contributed by atoms with Crippen LogP contribution in [0.15, 0.2) is 36.4 Å². The fourth-order valence-electron chi connectivity index (χ4n) is 1.94. The van der Waals surface area contributed by atoms with Gasteiger partial charge in [-0.2, -0.15) is 0 Å². The molecule has 1 amide bonds. The number of aryl methyl sites for hydroxylation is 1. The van der Waals surface area contributed by atoms with Crippen LogP contribution in [0, 0.1) is 18.6 Å². The quantitative estimate of drug-likeness (QED) is 0.856. The van der Waals surface area contributed by atoms with Gasteiger partial charge in [-0.15, -0.1) is 0 Å². The Morgan fingerprint density at radius 2 is 1.90 bits per heavy atom. The summed E-state index contributed by atoms with van der Waals surface area (Å²) in [6.07, 6.45) is 0. The highest BCUT2D eigenvalue weighted by molar-refractivity contribution is 6.06. The maximum atomic E-state index is 14.0. The van der Waals surface area contributed by atoms with Crippen LogP contribution in [-0.2, 0) is 0 Å². The van der Waals surface area contributed by atoms with E-state index in [1.807, 2.05) is 0 Å². The molecule has 0 aromatic heterocycles. The summed E-state index contributed by atoms with van der Waals surface area (Å²) in [6.45, 7) is 1.53. The Labute approximate surface area is 115 Å². The van der Waals surface area contributed by atoms with Crippen molar-refractivity contribution in [1.29, 1.82) is 0 Å². The van der Waals surface area contributed by atoms with E-state index < -0.39 is 17.5 Å². The summed E-state index contributed by atoms with van der Waals surface area (Å²) in [4.78, 5) is 13.5. The molecule has 2 rings (SSSR count). The summed E-state index contributed by atoms with van der Waals surface area (Å²) in [6, 6.07) is 8.25. The maximum absolute atomic E-state index is 14.0. The van der Waals surface area contributed by atoms with Gasteiger partial charge in [-0.3, -0.25) is 4.79 Å². The molecule has 20 heavy (non-hydrogen) atoms. The topological polar surface area (TPSA) is 46.3 Å². The summed E-state index contributed by atoms with van der Waals surface area (Å²) in [5.74, 6) is -1.66. The van der Waals surface area contributed by atoms with Crippen LogP contribution in [0.3, 0.4) is 0 Å². The molecule has 2 N–H and O–H groups in total. The highest BCUT2D eigenvalue weighted by atomic mass is 19.1. The molecule has 0 aliphatic carbocycles. The molecule has 0 atom stereocenters. The lowest BCUT2D eigenvalue weighted by molar-refractivity contribution is 0.0989. The van der Waals surface area contributed by atoms with E-state index in [0.717, 1.165) is 0 Å². The number of rotatable bonds is 2. The molecule has 0 fully saturated rings. The van der Waals surface area contributed by atoms with Crippen LogP contribution >= 0.6 is 0 Å². The van der Waals surface area contributed by atoms with E-state index in [2.05, 4.69) is 0 Å². The minimum atomic E-state index is -0.618. The molecule has 0 saturated carbocycles. The van der Waals surface area contributed by atoms with Crippen molar-refractivity contribution in [2.75, 3.05) is 17.7 Å². The van der Waals surface area contributed by atoms with Crippen molar-refractivity contribution in [3.63, 3.8) is 0 Å². The van der Waals surface area contributed by atoms with Gasteiger partial charge in [0.05, 0.1) is 5.56 Å². The molecule has 0 aliphatic rings. The van der Waals surface area contributed by atoms with Crippen LogP contribution in [0.1, 0.15) is 15.9 Å². The summed E-state index contributed by atoms with van der Waals surface area (Å²) in [5.41, 5.74) is 6.44. The number of hydrogen-bond donors (Lipinski definition) is 1. The highest BCUT2D eigenvalue weighted by Crippen LogP contribution is 2.21. The number of nitrogens with two attached hydrogens (primary N) is 1. The van der Waals surface area contributed by atoms with Crippen LogP contribution in [0.25, 0.3) is 0 Å². The standard InChI is InChI=1S/C15H14F2N2O/c1-9-6-11(18)8-13(14(9)17)15(20)19(2)12-5-3-4-10(16)7-12/h3-8H,18H2,1-2H3. The lowest BCUT2D eigenvalue weighted by Crippen LogP contribution is -2.27. The molecule has 0 spiro atoms. The number of anilines is 2. The first-order chi connectivity index (χ1) is 9.40. The first kappa shape index (κ1) is 14.0. The lowest BCUT2D eigenvalue weighted by Gasteiger charge is -2.18. The summed E-state index contributed by atoms with van der Waals surface area (Å²) >= 11 is 0. The summed E-state index contributed by atoms with van der Waals surface area (Å²) in [7, 11) is 1.45. The zero-order chi connectivity index (χ0) is 14.9. The normalized spacial score (nSPS) is 10.4. The number of nitrogens with zero attached hydrogens (tertiary/aromatic N) is 1. The molecule has 2 aromatic carbocycles. The van der Waals surface area contributed by atoms with E-state index in [1.165, 1.54) is 49.2 Å². The van der Waals surface area contributed by atoms with Gasteiger partial charge < -0.3 is 10.6 Å². The van der Waals surface area contributed by atoms with Gasteiger partial charge >= 0.3 is 0 Å². The third-order valence-electron chi connectivity index (χ3n) is 3.01. The predicted molar refractivity (Wildman–Crippen MR) is 74.7 cm³/mol. The van der Waals surface area contributed by atoms with Gasteiger partial charge in [-0.25, -0.2) is 8.78 Å². The van der Waals surface area contributed by atoms with E-state index in [-0.39, 0.29) is 5.56 Å². The van der Waals surface area contributed by atoms with Crippen molar-refractivity contribution in [1.82, 2.24) is 0 Å². The van der Waals surface area contributed by atoms with Crippen molar-refractivity contribution >= 4 is 17.3 Å². The second kappa shape index (κ2) is 5.28. The Balaban J connectivity index is 2.41. The SMILES string of the molecule is Cc1cc(N)cc(C(=O)N(C)c2cccc(F)c2)c1F. The second-order valence-corrected chi connectivity index (χ2v) is 4.54. The number of carbonyl (C=O) groups is 1. The predicted octanol–water partition coefficient (Wildman–Crippen LogP) is 3.13. The Hall–Kier alpha value is -2.43. The molecule has 0 heterocycles. The minimum Gasteiger partial charge on any atom is -0.399 e. The number of amides is 1. The van der Waals surface area contributed by atoms with Crippen molar-refractivity contribution in [3.8, 4) is 0 Å². The number of nitrogen functional groups attached to an aromatic ring is 1. The number of benzene rings is 2. The van der Waals surface area contributed by atoms with Crippen LogP contribution in [-0.4, -0.2) is 13.0 Å². The molecule has 0 saturated heterocycles. The third kappa shape index (κ3) is 2.61. The number of halogens is 2. The van der Waals surface area contributed by atoms with Gasteiger partial charge in [0, 0.05) is 18.4 Å². The van der Waals surface area contributed by atoms with E-state index in [9.17, 15) is 13.6 Å². The Morgan fingerprint density at radius 1 is 1.20 bits per heavy atom. The molecule has 0 radical (unpaired) electrons. The highest BCUT2D eigenvalue weighted by Gasteiger charge is 2.19. The van der Waals surface area contributed by atoms with Crippen molar-refractivity contribution in [3.05, 3.63) is 59.2 Å². The van der Waals surface area contributed by atoms with Crippen molar-refractivity contribution in [2.24, 2.45) is 0 Å². The zero-order valence-corrected chi connectivity index (χ0v) is 11.2. The first-order valence-corrected chi connectivity index (χ1v) is 5.99. The van der Waals surface area contributed by atoms with Gasteiger partial charge in [0.25, 0.3) is 5.91 Å². The average Bonchev–Trinajstić information content (AvgIpc) is 2.41. The van der Waals surface area contributed by atoms with E-state index in [1.54, 1.807) is 6.07 Å². The fraction of sp³-hybridized carbons (Fsp3) is 0.133. The molecule has 2 aromatic rings. The Morgan fingerprint density at radius 3 is 2.55 bits per heavy atom. The number of carbonyl (C=O) groups excluding carboxylic acids is 1. The van der Waals surface area contributed by atoms with Gasteiger partial charge in [-0.05, 0) is 42.8 Å². The first-order valence-electron chi connectivity index (χ1n) is 5.99. The monoisotopic (exact) mass is 276 g/mol. The second-order valence-electron chi connectivity index (χ2n) is 4.54. The minimum absolute atomic E-state index is 0.130. The van der Waals surface area contributed by atoms with E-state index in [0.29, 0.717) is 16.9 Å². The van der Waals surface area contributed by atoms with Crippen LogP contribution < -0.4 is 10.6 Å². The number of hydrogen-bond acceptors (Lipinski definition) is 2. The van der Waals surface area contributed by atoms with Gasteiger partial charge in [0.15, 0.2) is 0 Å². The summed E-state index contributed by atoms with van der Waals surface area (Å²) in [5, 5.41) is 0. The summed E-state index contributed by atoms with van der Waals surface area (Å²) < 4.78 is 27.2. The molecule has 0 unspecified atom stereocenters. The van der Waals surface area contributed by atoms with Crippen LogP contribution in [0.5, 0.6) is 0 Å². The third-order valence-corrected chi connectivity index (χ3v) is 3.01. The maximum Gasteiger partial charge on any atom is 0.261 e. The van der Waals surface area contributed by atoms with Crippen molar-refractivity contribution < 1.29 is 13.6 Å². The zero-order valence-electron chi connectivity index (χ0n) is 11.2. The molecular formula is C15H14F2N2O. The Bertz CT molecular complexity index is 671. The van der Waals surface area contributed by atoms with Crippen LogP contribution in [0.2, 0.25) is 0 Å². The van der Waals surface area contributed by atoms with E-state index in [4.69, 9.17) is 5.73 Å². The molecule has 0 aliphatic heterocycles. The average molecular weight is 276 g/mol. The molecule has 0 bridgehead atoms. The molecule has 3 nitrogen and oxygen atoms in total. The van der Waals surface area contributed by atoms with Crippen LogP contribution in [0.4, 0.5) is 20.2 Å². The van der Waals surface area contributed by atoms with Gasteiger partial charge in [-0.1, -0.05) is 6.07 Å². The lowest BCUT2D eigenvalue weighted by atomic mass is 10.1. The van der Waals surface area contributed by atoms with Gasteiger partial charge in [0.1, 0.15) is 11.6 Å². The fourth-order valence-corrected chi connectivity index (χ4v) is 1.94.